The molecule has 0 aliphatic rings. The highest BCUT2D eigenvalue weighted by molar-refractivity contribution is 7.97. The van der Waals surface area contributed by atoms with Crippen LogP contribution in [0.3, 0.4) is 0 Å². The summed E-state index contributed by atoms with van der Waals surface area (Å²) in [6, 6.07) is -1.13. The second-order valence-electron chi connectivity index (χ2n) is 3.84. The quantitative estimate of drug-likeness (QED) is 0.363. The first-order chi connectivity index (χ1) is 11.7. The molecule has 0 aromatic carbocycles. The Bertz CT molecular complexity index is 381. The fraction of sp³-hybridized carbons (Fsp3) is 0.643. The zero-order chi connectivity index (χ0) is 20.8. The highest BCUT2D eigenvalue weighted by Gasteiger charge is 2.13. The molecule has 148 valence electrons. The number of carbonyl (C=O) groups is 5. The maximum atomic E-state index is 11.2. The molecule has 6 N–H and O–H groups in total. The fourth-order valence-corrected chi connectivity index (χ4v) is 0.914. The third-order valence-corrected chi connectivity index (χ3v) is 1.88. The Morgan fingerprint density at radius 3 is 1.76 bits per heavy atom. The Kier molecular flexibility index (Phi) is 29.6. The molecule has 0 heterocycles. The summed E-state index contributed by atoms with van der Waals surface area (Å²) in [5.41, 5.74) is 5.18. The second-order valence-corrected chi connectivity index (χ2v) is 4.66. The lowest BCUT2D eigenvalue weighted by Crippen LogP contribution is -2.39. The number of nitrogens with one attached hydrogen (secondary N) is 2. The summed E-state index contributed by atoms with van der Waals surface area (Å²) in [7, 11) is 0. The number of hydrogen-bond donors (Lipinski definition) is 5. The van der Waals surface area contributed by atoms with Crippen LogP contribution in [0.15, 0.2) is 0 Å². The van der Waals surface area contributed by atoms with Crippen LogP contribution in [-0.4, -0.2) is 72.4 Å². The predicted octanol–water partition coefficient (Wildman–Crippen LogP) is -0.684. The van der Waals surface area contributed by atoms with Crippen molar-refractivity contribution in [3.63, 3.8) is 0 Å². The van der Waals surface area contributed by atoms with E-state index in [2.05, 4.69) is 5.32 Å². The summed E-state index contributed by atoms with van der Waals surface area (Å²) in [5, 5.41) is 21.0. The topological polar surface area (TPSA) is 176 Å². The van der Waals surface area contributed by atoms with E-state index in [-0.39, 0.29) is 19.4 Å². The number of carboxylic acid groups (broad SMARTS) is 2. The molecule has 0 bridgehead atoms. The number of aliphatic carboxylic acids is 2. The van der Waals surface area contributed by atoms with Crippen molar-refractivity contribution in [1.29, 1.82) is 0 Å². The maximum Gasteiger partial charge on any atom is 0.322 e. The van der Waals surface area contributed by atoms with Crippen molar-refractivity contribution < 1.29 is 34.2 Å². The van der Waals surface area contributed by atoms with Crippen LogP contribution in [0.2, 0.25) is 0 Å². The first-order valence-corrected chi connectivity index (χ1v) is 8.80. The van der Waals surface area contributed by atoms with E-state index in [1.54, 1.807) is 11.8 Å². The van der Waals surface area contributed by atoms with Crippen LogP contribution >= 0.6 is 11.8 Å². The third-order valence-electron chi connectivity index (χ3n) is 1.88. The highest BCUT2D eigenvalue weighted by Crippen LogP contribution is 1.94. The average molecular weight is 383 g/mol. The lowest BCUT2D eigenvalue weighted by molar-refractivity contribution is -0.139. The van der Waals surface area contributed by atoms with Gasteiger partial charge in [0.2, 0.25) is 11.8 Å². The number of carbonyl (C=O) groups excluding carboxylic acids is 3. The minimum absolute atomic E-state index is 0.0437. The summed E-state index contributed by atoms with van der Waals surface area (Å²) in [6.07, 6.45) is 3.91. The molecule has 0 aromatic rings. The van der Waals surface area contributed by atoms with Gasteiger partial charge in [0.05, 0.1) is 6.54 Å². The summed E-state index contributed by atoms with van der Waals surface area (Å²) in [4.78, 5) is 50.6. The van der Waals surface area contributed by atoms with E-state index in [1.807, 2.05) is 38.5 Å². The first-order valence-electron chi connectivity index (χ1n) is 7.17. The molecule has 11 heteroatoms. The average Bonchev–Trinajstić information content (AvgIpc) is 2.60. The Morgan fingerprint density at radius 1 is 1.00 bits per heavy atom. The van der Waals surface area contributed by atoms with Crippen LogP contribution in [0.1, 0.15) is 26.7 Å². The number of amides is 2. The van der Waals surface area contributed by atoms with Gasteiger partial charge in [0.25, 0.3) is 0 Å². The molecule has 0 fully saturated rings. The van der Waals surface area contributed by atoms with Gasteiger partial charge in [0.15, 0.2) is 0 Å². The van der Waals surface area contributed by atoms with Crippen LogP contribution in [0.25, 0.3) is 0 Å². The standard InChI is InChI=1S/C9H15N3O6.C2H6S.C2H6.CH2O/c10-5(9(17)18)1-2-6(13)11-3-7(14)12-4-8(15)16;1-3-2;2*1-2/h5H,1-4,10H2,(H,11,13)(H,12,14)(H,15,16)(H,17,18);1-2H3;1-2H3;1H2. The molecule has 25 heavy (non-hydrogen) atoms. The Balaban J connectivity index is -0.000000274. The van der Waals surface area contributed by atoms with Crippen molar-refractivity contribution in [2.24, 2.45) is 5.73 Å². The Morgan fingerprint density at radius 2 is 1.40 bits per heavy atom. The van der Waals surface area contributed by atoms with Gasteiger partial charge >= 0.3 is 11.9 Å². The molecule has 0 aliphatic heterocycles. The molecule has 0 saturated carbocycles. The zero-order valence-electron chi connectivity index (χ0n) is 15.0. The molecule has 0 aliphatic carbocycles. The first kappa shape index (κ1) is 30.7. The number of hydrogen-bond acceptors (Lipinski definition) is 7. The van der Waals surface area contributed by atoms with Crippen molar-refractivity contribution >= 4 is 42.3 Å². The van der Waals surface area contributed by atoms with E-state index in [4.69, 9.17) is 20.7 Å². The summed E-state index contributed by atoms with van der Waals surface area (Å²) in [6.45, 7) is 5.10. The van der Waals surface area contributed by atoms with Crippen LogP contribution in [0.5, 0.6) is 0 Å². The molecule has 0 spiro atoms. The minimum atomic E-state index is -1.21. The molecule has 2 amide bonds. The van der Waals surface area contributed by atoms with Crippen molar-refractivity contribution in [1.82, 2.24) is 10.6 Å². The van der Waals surface area contributed by atoms with Crippen LogP contribution in [-0.2, 0) is 24.0 Å². The van der Waals surface area contributed by atoms with Gasteiger partial charge in [-0.3, -0.25) is 19.2 Å². The maximum absolute atomic E-state index is 11.2. The molecular formula is C14H29N3O7S. The number of nitrogens with two attached hydrogens (primary N) is 1. The number of thioether (sulfide) groups is 1. The van der Waals surface area contributed by atoms with Crippen LogP contribution < -0.4 is 16.4 Å². The highest BCUT2D eigenvalue weighted by atomic mass is 32.2. The number of carboxylic acids is 2. The van der Waals surface area contributed by atoms with Crippen LogP contribution in [0.4, 0.5) is 0 Å². The predicted molar refractivity (Wildman–Crippen MR) is 96.4 cm³/mol. The lowest BCUT2D eigenvalue weighted by Gasteiger charge is -2.07. The van der Waals surface area contributed by atoms with Gasteiger partial charge in [0, 0.05) is 6.42 Å². The third kappa shape index (κ3) is 30.3. The van der Waals surface area contributed by atoms with Crippen LogP contribution in [0, 0.1) is 0 Å². The Labute approximate surface area is 151 Å². The van der Waals surface area contributed by atoms with Gasteiger partial charge in [-0.05, 0) is 18.9 Å². The van der Waals surface area contributed by atoms with E-state index in [9.17, 15) is 19.2 Å². The normalized spacial score (nSPS) is 9.32. The molecule has 1 atom stereocenters. The van der Waals surface area contributed by atoms with Gasteiger partial charge in [-0.15, -0.1) is 0 Å². The van der Waals surface area contributed by atoms with Crippen molar-refractivity contribution in [3.05, 3.63) is 0 Å². The van der Waals surface area contributed by atoms with E-state index in [0.717, 1.165) is 0 Å². The van der Waals surface area contributed by atoms with Gasteiger partial charge < -0.3 is 31.4 Å². The molecule has 10 nitrogen and oxygen atoms in total. The summed E-state index contributed by atoms with van der Waals surface area (Å²) < 4.78 is 0. The zero-order valence-corrected chi connectivity index (χ0v) is 15.9. The van der Waals surface area contributed by atoms with Gasteiger partial charge in [0.1, 0.15) is 19.4 Å². The number of rotatable bonds is 8. The summed E-state index contributed by atoms with van der Waals surface area (Å²) in [5.74, 6) is -3.57. The van der Waals surface area contributed by atoms with E-state index >= 15 is 0 Å². The SMILES string of the molecule is C=O.CC.CSC.NC(CCC(=O)NCC(=O)NCC(=O)O)C(=O)O. The summed E-state index contributed by atoms with van der Waals surface area (Å²) >= 11 is 1.75. The van der Waals surface area contributed by atoms with Gasteiger partial charge in [-0.1, -0.05) is 13.8 Å². The molecule has 0 rings (SSSR count). The fourth-order valence-electron chi connectivity index (χ4n) is 0.914. The second kappa shape index (κ2) is 24.1. The minimum Gasteiger partial charge on any atom is -0.480 e. The molecule has 0 saturated heterocycles. The molecule has 1 unspecified atom stereocenters. The van der Waals surface area contributed by atoms with E-state index < -0.39 is 36.3 Å². The monoisotopic (exact) mass is 383 g/mol. The van der Waals surface area contributed by atoms with Gasteiger partial charge in [-0.2, -0.15) is 11.8 Å². The van der Waals surface area contributed by atoms with Gasteiger partial charge in [-0.25, -0.2) is 0 Å². The molecule has 0 aromatic heterocycles. The van der Waals surface area contributed by atoms with E-state index in [1.165, 1.54) is 0 Å². The van der Waals surface area contributed by atoms with Crippen molar-refractivity contribution in [3.8, 4) is 0 Å². The van der Waals surface area contributed by atoms with Crippen molar-refractivity contribution in [2.75, 3.05) is 25.6 Å². The van der Waals surface area contributed by atoms with E-state index in [0.29, 0.717) is 0 Å². The molecule has 0 radical (unpaired) electrons. The Hall–Kier alpha value is -2.14. The lowest BCUT2D eigenvalue weighted by atomic mass is 10.1. The smallest absolute Gasteiger partial charge is 0.322 e. The molecular weight excluding hydrogens is 354 g/mol. The van der Waals surface area contributed by atoms with Crippen molar-refractivity contribution in [2.45, 2.75) is 32.7 Å². The largest absolute Gasteiger partial charge is 0.480 e.